The number of carbonyl (C=O) groups excluding carboxylic acids is 1. The van der Waals surface area contributed by atoms with Crippen molar-refractivity contribution in [3.63, 3.8) is 0 Å². The van der Waals surface area contributed by atoms with Gasteiger partial charge in [-0.15, -0.1) is 12.3 Å². The minimum absolute atomic E-state index is 0.264. The molecule has 2 nitrogen and oxygen atoms in total. The van der Waals surface area contributed by atoms with Gasteiger partial charge < -0.3 is 4.74 Å². The lowest BCUT2D eigenvalue weighted by Crippen LogP contribution is -2.02. The van der Waals surface area contributed by atoms with Crippen LogP contribution in [0.5, 0.6) is 0 Å². The molecule has 0 N–H and O–H groups in total. The first kappa shape index (κ1) is 17.5. The van der Waals surface area contributed by atoms with E-state index in [-0.39, 0.29) is 12.1 Å². The molecular formula is C20H21BrO2. The van der Waals surface area contributed by atoms with Crippen LogP contribution in [0.2, 0.25) is 0 Å². The van der Waals surface area contributed by atoms with Gasteiger partial charge in [-0.25, -0.2) is 4.79 Å². The molecule has 1 heterocycles. The third-order valence-electron chi connectivity index (χ3n) is 3.91. The molecular weight excluding hydrogens is 352 g/mol. The van der Waals surface area contributed by atoms with Gasteiger partial charge in [-0.05, 0) is 48.6 Å². The maximum atomic E-state index is 12.2. The summed E-state index contributed by atoms with van der Waals surface area (Å²) in [6.07, 6.45) is 5.70. The van der Waals surface area contributed by atoms with Crippen LogP contribution < -0.4 is 0 Å². The molecule has 3 heteroatoms. The largest absolute Gasteiger partial charge is 0.449 e. The van der Waals surface area contributed by atoms with Gasteiger partial charge in [0.2, 0.25) is 0 Å². The van der Waals surface area contributed by atoms with Crippen molar-refractivity contribution in [2.24, 2.45) is 0 Å². The summed E-state index contributed by atoms with van der Waals surface area (Å²) in [6.45, 7) is 7.97. The fourth-order valence-corrected chi connectivity index (χ4v) is 2.81. The standard InChI is InChI=1S/C20H21BrO2/c1-4-7-18-17(13-8-14(5-2)6-3)19(23-20(18)22)15-9-11-16(21)12-10-15/h4,9-13,19H,1,5-7H2,2-3H3. The van der Waals surface area contributed by atoms with Crippen molar-refractivity contribution in [1.29, 1.82) is 0 Å². The minimum atomic E-state index is -0.368. The van der Waals surface area contributed by atoms with Crippen molar-refractivity contribution in [1.82, 2.24) is 0 Å². The molecule has 1 aromatic carbocycles. The van der Waals surface area contributed by atoms with Gasteiger partial charge in [0, 0.05) is 15.6 Å². The maximum absolute atomic E-state index is 12.2. The van der Waals surface area contributed by atoms with E-state index in [0.717, 1.165) is 28.5 Å². The molecule has 1 atom stereocenters. The highest BCUT2D eigenvalue weighted by Gasteiger charge is 2.32. The number of cyclic esters (lactones) is 1. The van der Waals surface area contributed by atoms with Crippen LogP contribution in [0.1, 0.15) is 44.8 Å². The van der Waals surface area contributed by atoms with Gasteiger partial charge in [0.05, 0.1) is 0 Å². The van der Waals surface area contributed by atoms with Crippen LogP contribution >= 0.6 is 15.9 Å². The minimum Gasteiger partial charge on any atom is -0.449 e. The van der Waals surface area contributed by atoms with E-state index >= 15 is 0 Å². The predicted molar refractivity (Wildman–Crippen MR) is 97.0 cm³/mol. The summed E-state index contributed by atoms with van der Waals surface area (Å²) < 4.78 is 6.61. The second-order valence-electron chi connectivity index (χ2n) is 5.36. The number of carbonyl (C=O) groups is 1. The van der Waals surface area contributed by atoms with Crippen molar-refractivity contribution in [2.75, 3.05) is 0 Å². The van der Waals surface area contributed by atoms with Crippen LogP contribution in [0, 0.1) is 0 Å². The molecule has 0 aromatic heterocycles. The number of hydrogen-bond acceptors (Lipinski definition) is 2. The highest BCUT2D eigenvalue weighted by atomic mass is 79.9. The molecule has 120 valence electrons. The van der Waals surface area contributed by atoms with Gasteiger partial charge in [0.25, 0.3) is 0 Å². The molecule has 0 bridgehead atoms. The van der Waals surface area contributed by atoms with Gasteiger partial charge in [-0.3, -0.25) is 0 Å². The van der Waals surface area contributed by atoms with E-state index in [1.54, 1.807) is 6.08 Å². The number of benzene rings is 1. The summed E-state index contributed by atoms with van der Waals surface area (Å²) >= 11 is 3.43. The molecule has 1 aliphatic rings. The molecule has 0 amide bonds. The third-order valence-corrected chi connectivity index (χ3v) is 4.44. The van der Waals surface area contributed by atoms with E-state index in [2.05, 4.69) is 42.1 Å². The number of ether oxygens (including phenoxy) is 1. The Morgan fingerprint density at radius 1 is 1.30 bits per heavy atom. The number of allylic oxidation sites excluding steroid dienone is 1. The molecule has 0 aliphatic carbocycles. The number of esters is 1. The van der Waals surface area contributed by atoms with E-state index in [4.69, 9.17) is 4.74 Å². The van der Waals surface area contributed by atoms with Crippen LogP contribution in [0.3, 0.4) is 0 Å². The summed E-state index contributed by atoms with van der Waals surface area (Å²) in [6, 6.07) is 7.85. The van der Waals surface area contributed by atoms with E-state index < -0.39 is 0 Å². The molecule has 2 rings (SSSR count). The van der Waals surface area contributed by atoms with Crippen molar-refractivity contribution in [2.45, 2.75) is 39.2 Å². The zero-order valence-corrected chi connectivity index (χ0v) is 15.2. The van der Waals surface area contributed by atoms with Gasteiger partial charge in [-0.2, -0.15) is 0 Å². The Morgan fingerprint density at radius 2 is 1.96 bits per heavy atom. The molecule has 0 radical (unpaired) electrons. The maximum Gasteiger partial charge on any atom is 0.335 e. The van der Waals surface area contributed by atoms with Crippen LogP contribution in [0.25, 0.3) is 0 Å². The SMILES string of the molecule is C=CCC1=C(C=C=C(CC)CC)C(c2ccc(Br)cc2)OC1=O. The first-order valence-electron chi connectivity index (χ1n) is 7.85. The first-order valence-corrected chi connectivity index (χ1v) is 8.64. The highest BCUT2D eigenvalue weighted by Crippen LogP contribution is 2.37. The van der Waals surface area contributed by atoms with E-state index in [9.17, 15) is 4.79 Å². The van der Waals surface area contributed by atoms with Crippen molar-refractivity contribution >= 4 is 21.9 Å². The molecule has 0 saturated heterocycles. The Morgan fingerprint density at radius 3 is 2.52 bits per heavy atom. The Kier molecular flexibility index (Phi) is 6.20. The average Bonchev–Trinajstić information content (AvgIpc) is 2.86. The molecule has 0 fully saturated rings. The average molecular weight is 373 g/mol. The third kappa shape index (κ3) is 4.13. The second-order valence-corrected chi connectivity index (χ2v) is 6.28. The smallest absolute Gasteiger partial charge is 0.335 e. The van der Waals surface area contributed by atoms with Gasteiger partial charge in [0.1, 0.15) is 0 Å². The zero-order valence-electron chi connectivity index (χ0n) is 13.6. The zero-order chi connectivity index (χ0) is 16.8. The molecule has 1 aliphatic heterocycles. The number of rotatable bonds is 6. The van der Waals surface area contributed by atoms with Crippen molar-refractivity contribution < 1.29 is 9.53 Å². The van der Waals surface area contributed by atoms with Gasteiger partial charge in [-0.1, -0.05) is 48.0 Å². The quantitative estimate of drug-likeness (QED) is 0.357. The first-order chi connectivity index (χ1) is 11.1. The Bertz CT molecular complexity index is 683. The van der Waals surface area contributed by atoms with Crippen LogP contribution in [0.15, 0.2) is 69.9 Å². The molecule has 23 heavy (non-hydrogen) atoms. The fourth-order valence-electron chi connectivity index (χ4n) is 2.55. The molecule has 0 saturated carbocycles. The summed E-state index contributed by atoms with van der Waals surface area (Å²) in [5.74, 6) is -0.264. The van der Waals surface area contributed by atoms with Gasteiger partial charge >= 0.3 is 5.97 Å². The van der Waals surface area contributed by atoms with Gasteiger partial charge in [0.15, 0.2) is 6.10 Å². The predicted octanol–water partition coefficient (Wildman–Crippen LogP) is 5.82. The summed E-state index contributed by atoms with van der Waals surface area (Å²) in [5.41, 5.74) is 7.09. The van der Waals surface area contributed by atoms with E-state index in [1.807, 2.05) is 30.3 Å². The van der Waals surface area contributed by atoms with E-state index in [1.165, 1.54) is 5.57 Å². The van der Waals surface area contributed by atoms with Crippen LogP contribution in [-0.2, 0) is 9.53 Å². The lowest BCUT2D eigenvalue weighted by molar-refractivity contribution is -0.140. The Labute approximate surface area is 146 Å². The van der Waals surface area contributed by atoms with E-state index in [0.29, 0.717) is 12.0 Å². The monoisotopic (exact) mass is 372 g/mol. The lowest BCUT2D eigenvalue weighted by Gasteiger charge is -2.12. The second kappa shape index (κ2) is 8.14. The van der Waals surface area contributed by atoms with Crippen LogP contribution in [0.4, 0.5) is 0 Å². The van der Waals surface area contributed by atoms with Crippen molar-refractivity contribution in [3.8, 4) is 0 Å². The molecule has 0 spiro atoms. The van der Waals surface area contributed by atoms with Crippen molar-refractivity contribution in [3.05, 3.63) is 75.5 Å². The topological polar surface area (TPSA) is 26.3 Å². The lowest BCUT2D eigenvalue weighted by atomic mass is 9.97. The summed E-state index contributed by atoms with van der Waals surface area (Å²) in [5, 5.41) is 0. The summed E-state index contributed by atoms with van der Waals surface area (Å²) in [7, 11) is 0. The highest BCUT2D eigenvalue weighted by molar-refractivity contribution is 9.10. The Balaban J connectivity index is 2.50. The summed E-state index contributed by atoms with van der Waals surface area (Å²) in [4.78, 5) is 12.2. The molecule has 1 aromatic rings. The number of hydrogen-bond donors (Lipinski definition) is 0. The van der Waals surface area contributed by atoms with Crippen LogP contribution in [-0.4, -0.2) is 5.97 Å². The molecule has 1 unspecified atom stereocenters. The fraction of sp³-hybridized carbons (Fsp3) is 0.300. The number of halogens is 1. The normalized spacial score (nSPS) is 16.8. The Hall–Kier alpha value is -1.83.